The van der Waals surface area contributed by atoms with E-state index in [-0.39, 0.29) is 0 Å². The number of aromatic nitrogens is 5. The first kappa shape index (κ1) is 14.8. The van der Waals surface area contributed by atoms with Crippen LogP contribution in [0.2, 0.25) is 0 Å². The highest BCUT2D eigenvalue weighted by Gasteiger charge is 2.22. The summed E-state index contributed by atoms with van der Waals surface area (Å²) in [5.74, 6) is 2.36. The van der Waals surface area contributed by atoms with Gasteiger partial charge in [0.15, 0.2) is 5.82 Å². The lowest BCUT2D eigenvalue weighted by atomic mass is 9.98. The minimum Gasteiger partial charge on any atom is -0.356 e. The zero-order valence-corrected chi connectivity index (χ0v) is 13.5. The lowest BCUT2D eigenvalue weighted by Crippen LogP contribution is -2.37. The average Bonchev–Trinajstić information content (AvgIpc) is 3.16. The van der Waals surface area contributed by atoms with Gasteiger partial charge in [0.25, 0.3) is 0 Å². The molecule has 0 spiro atoms. The summed E-state index contributed by atoms with van der Waals surface area (Å²) in [6.45, 7) is 2.94. The van der Waals surface area contributed by atoms with E-state index in [2.05, 4.69) is 20.0 Å². The number of nitrogens with zero attached hydrogens (tertiary/aromatic N) is 6. The van der Waals surface area contributed by atoms with Gasteiger partial charge in [-0.2, -0.15) is 5.10 Å². The van der Waals surface area contributed by atoms with Crippen LogP contribution in [0.5, 0.6) is 0 Å². The van der Waals surface area contributed by atoms with Crippen molar-refractivity contribution < 1.29 is 0 Å². The summed E-state index contributed by atoms with van der Waals surface area (Å²) >= 11 is 0. The van der Waals surface area contributed by atoms with Crippen LogP contribution in [-0.4, -0.2) is 37.8 Å². The Morgan fingerprint density at radius 3 is 2.88 bits per heavy atom. The topological polar surface area (TPSA) is 59.7 Å². The van der Waals surface area contributed by atoms with Crippen molar-refractivity contribution in [2.75, 3.05) is 18.0 Å². The highest BCUT2D eigenvalue weighted by atomic mass is 15.3. The number of piperidine rings is 1. The van der Waals surface area contributed by atoms with Crippen molar-refractivity contribution in [1.82, 2.24) is 24.7 Å². The van der Waals surface area contributed by atoms with Gasteiger partial charge in [-0.25, -0.2) is 15.0 Å². The van der Waals surface area contributed by atoms with E-state index in [1.54, 1.807) is 12.7 Å². The van der Waals surface area contributed by atoms with Crippen molar-refractivity contribution in [3.63, 3.8) is 0 Å². The Labute approximate surface area is 141 Å². The van der Waals surface area contributed by atoms with Crippen molar-refractivity contribution >= 4 is 5.82 Å². The molecule has 1 aromatic carbocycles. The minimum absolute atomic E-state index is 0.565. The first-order valence-corrected chi connectivity index (χ1v) is 8.34. The number of rotatable bonds is 4. The second-order valence-electron chi connectivity index (χ2n) is 6.18. The number of benzene rings is 1. The third-order valence-electron chi connectivity index (χ3n) is 4.43. The molecule has 6 heteroatoms. The average molecular weight is 320 g/mol. The minimum atomic E-state index is 0.565. The molecule has 3 heterocycles. The molecule has 0 bridgehead atoms. The Kier molecular flexibility index (Phi) is 4.18. The second kappa shape index (κ2) is 6.78. The summed E-state index contributed by atoms with van der Waals surface area (Å²) in [4.78, 5) is 15.6. The summed E-state index contributed by atoms with van der Waals surface area (Å²) in [5.41, 5.74) is 1.05. The molecule has 1 saturated heterocycles. The first-order valence-electron chi connectivity index (χ1n) is 8.34. The summed E-state index contributed by atoms with van der Waals surface area (Å²) in [6.07, 6.45) is 7.62. The SMILES string of the molecule is c1ccc(-c2nccc(N3CCCC(Cn4cncn4)C3)n2)cc1. The number of hydrogen-bond donors (Lipinski definition) is 0. The van der Waals surface area contributed by atoms with Crippen LogP contribution in [0.25, 0.3) is 11.4 Å². The van der Waals surface area contributed by atoms with Gasteiger partial charge in [-0.15, -0.1) is 0 Å². The van der Waals surface area contributed by atoms with Crippen LogP contribution in [0.3, 0.4) is 0 Å². The fourth-order valence-electron chi connectivity index (χ4n) is 3.27. The monoisotopic (exact) mass is 320 g/mol. The molecule has 0 aliphatic carbocycles. The number of hydrogen-bond acceptors (Lipinski definition) is 5. The molecule has 0 amide bonds. The molecule has 4 rings (SSSR count). The summed E-state index contributed by atoms with van der Waals surface area (Å²) < 4.78 is 1.92. The predicted molar refractivity (Wildman–Crippen MR) is 92.4 cm³/mol. The van der Waals surface area contributed by atoms with Gasteiger partial charge in [0, 0.05) is 31.4 Å². The Bertz CT molecular complexity index is 771. The molecular weight excluding hydrogens is 300 g/mol. The smallest absolute Gasteiger partial charge is 0.161 e. The van der Waals surface area contributed by atoms with Gasteiger partial charge in [-0.05, 0) is 24.8 Å². The van der Waals surface area contributed by atoms with Gasteiger partial charge in [-0.3, -0.25) is 4.68 Å². The highest BCUT2D eigenvalue weighted by molar-refractivity contribution is 5.57. The zero-order valence-electron chi connectivity index (χ0n) is 13.5. The van der Waals surface area contributed by atoms with E-state index in [9.17, 15) is 0 Å². The highest BCUT2D eigenvalue weighted by Crippen LogP contribution is 2.24. The third kappa shape index (κ3) is 3.27. The summed E-state index contributed by atoms with van der Waals surface area (Å²) in [5, 5.41) is 4.22. The molecular formula is C18H20N6. The summed E-state index contributed by atoms with van der Waals surface area (Å²) in [6, 6.07) is 12.1. The lowest BCUT2D eigenvalue weighted by molar-refractivity contribution is 0.350. The number of anilines is 1. The molecule has 1 fully saturated rings. The van der Waals surface area contributed by atoms with Gasteiger partial charge < -0.3 is 4.90 Å². The standard InChI is InChI=1S/C18H20N6/c1-2-6-16(7-3-1)18-20-9-8-17(22-18)23-10-4-5-15(11-23)12-24-14-19-13-21-24/h1-3,6-9,13-15H,4-5,10-12H2. The van der Waals surface area contributed by atoms with Crippen LogP contribution in [0.15, 0.2) is 55.2 Å². The van der Waals surface area contributed by atoms with Gasteiger partial charge in [0.2, 0.25) is 0 Å². The molecule has 1 unspecified atom stereocenters. The fourth-order valence-corrected chi connectivity index (χ4v) is 3.27. The van der Waals surface area contributed by atoms with E-state index in [4.69, 9.17) is 4.98 Å². The van der Waals surface area contributed by atoms with Crippen LogP contribution in [-0.2, 0) is 6.54 Å². The van der Waals surface area contributed by atoms with Crippen molar-refractivity contribution in [1.29, 1.82) is 0 Å². The molecule has 1 atom stereocenters. The Morgan fingerprint density at radius 2 is 2.04 bits per heavy atom. The Morgan fingerprint density at radius 1 is 1.12 bits per heavy atom. The molecule has 2 aromatic heterocycles. The van der Waals surface area contributed by atoms with Crippen LogP contribution < -0.4 is 4.90 Å². The maximum atomic E-state index is 4.78. The van der Waals surface area contributed by atoms with Crippen LogP contribution in [0.4, 0.5) is 5.82 Å². The maximum absolute atomic E-state index is 4.78. The normalized spacial score (nSPS) is 17.8. The van der Waals surface area contributed by atoms with E-state index >= 15 is 0 Å². The van der Waals surface area contributed by atoms with E-state index < -0.39 is 0 Å². The van der Waals surface area contributed by atoms with Crippen molar-refractivity contribution in [3.8, 4) is 11.4 Å². The molecule has 0 radical (unpaired) electrons. The van der Waals surface area contributed by atoms with E-state index in [1.807, 2.05) is 47.3 Å². The van der Waals surface area contributed by atoms with Crippen molar-refractivity contribution in [2.24, 2.45) is 5.92 Å². The van der Waals surface area contributed by atoms with E-state index in [0.717, 1.165) is 36.8 Å². The molecule has 0 saturated carbocycles. The molecule has 3 aromatic rings. The Hall–Kier alpha value is -2.76. The molecule has 1 aliphatic heterocycles. The quantitative estimate of drug-likeness (QED) is 0.739. The van der Waals surface area contributed by atoms with Crippen LogP contribution >= 0.6 is 0 Å². The molecule has 0 N–H and O–H groups in total. The molecule has 122 valence electrons. The van der Waals surface area contributed by atoms with Gasteiger partial charge >= 0.3 is 0 Å². The Balaban J connectivity index is 1.51. The van der Waals surface area contributed by atoms with Crippen LogP contribution in [0, 0.1) is 5.92 Å². The lowest BCUT2D eigenvalue weighted by Gasteiger charge is -2.33. The molecule has 6 nitrogen and oxygen atoms in total. The molecule has 1 aliphatic rings. The predicted octanol–water partition coefficient (Wildman–Crippen LogP) is 2.65. The van der Waals surface area contributed by atoms with Gasteiger partial charge in [-0.1, -0.05) is 30.3 Å². The second-order valence-corrected chi connectivity index (χ2v) is 6.18. The van der Waals surface area contributed by atoms with E-state index in [0.29, 0.717) is 5.92 Å². The van der Waals surface area contributed by atoms with E-state index in [1.165, 1.54) is 12.8 Å². The fraction of sp³-hybridized carbons (Fsp3) is 0.333. The van der Waals surface area contributed by atoms with Gasteiger partial charge in [0.1, 0.15) is 18.5 Å². The largest absolute Gasteiger partial charge is 0.356 e. The molecule has 24 heavy (non-hydrogen) atoms. The zero-order chi connectivity index (χ0) is 16.2. The summed E-state index contributed by atoms with van der Waals surface area (Å²) in [7, 11) is 0. The third-order valence-corrected chi connectivity index (χ3v) is 4.43. The maximum Gasteiger partial charge on any atom is 0.161 e. The van der Waals surface area contributed by atoms with Crippen LogP contribution in [0.1, 0.15) is 12.8 Å². The van der Waals surface area contributed by atoms with Gasteiger partial charge in [0.05, 0.1) is 0 Å². The van der Waals surface area contributed by atoms with Crippen molar-refractivity contribution in [3.05, 3.63) is 55.2 Å². The first-order chi connectivity index (χ1) is 11.9. The van der Waals surface area contributed by atoms with Crippen molar-refractivity contribution in [2.45, 2.75) is 19.4 Å².